The fourth-order valence-corrected chi connectivity index (χ4v) is 1.18. The Kier molecular flexibility index (Phi) is 2.38. The Balaban J connectivity index is 2.90. The Labute approximate surface area is 66.7 Å². The number of hydrogen-bond donors (Lipinski definition) is 1. The van der Waals surface area contributed by atoms with Crippen molar-refractivity contribution in [3.8, 4) is 0 Å². The van der Waals surface area contributed by atoms with Crippen molar-refractivity contribution in [2.24, 2.45) is 0 Å². The molecule has 3 heteroatoms. The van der Waals surface area contributed by atoms with Gasteiger partial charge in [0, 0.05) is 24.2 Å². The molecule has 0 amide bonds. The summed E-state index contributed by atoms with van der Waals surface area (Å²) in [5.74, 6) is 1.75. The summed E-state index contributed by atoms with van der Waals surface area (Å²) in [6.07, 6.45) is 3.79. The summed E-state index contributed by atoms with van der Waals surface area (Å²) in [4.78, 5) is 4.14. The van der Waals surface area contributed by atoms with E-state index in [0.717, 1.165) is 5.82 Å². The van der Waals surface area contributed by atoms with Gasteiger partial charge in [0.1, 0.15) is 5.82 Å². The fraction of sp³-hybridized carbons (Fsp3) is 0.571. The molecular formula is C7H12N2S. The summed E-state index contributed by atoms with van der Waals surface area (Å²) < 4.78 is 2.12. The van der Waals surface area contributed by atoms with Crippen LogP contribution in [0.15, 0.2) is 12.4 Å². The van der Waals surface area contributed by atoms with E-state index in [2.05, 4.69) is 36.0 Å². The van der Waals surface area contributed by atoms with Crippen LogP contribution in [-0.2, 0) is 5.75 Å². The van der Waals surface area contributed by atoms with Gasteiger partial charge in [0.25, 0.3) is 0 Å². The van der Waals surface area contributed by atoms with Gasteiger partial charge in [0.05, 0.1) is 0 Å². The van der Waals surface area contributed by atoms with Gasteiger partial charge in [-0.3, -0.25) is 0 Å². The van der Waals surface area contributed by atoms with Crippen molar-refractivity contribution in [2.45, 2.75) is 25.6 Å². The minimum atomic E-state index is 0.490. The molecule has 0 aliphatic heterocycles. The summed E-state index contributed by atoms with van der Waals surface area (Å²) in [5, 5.41) is 0. The van der Waals surface area contributed by atoms with Crippen molar-refractivity contribution in [1.82, 2.24) is 9.55 Å². The Hall–Kier alpha value is -0.440. The van der Waals surface area contributed by atoms with Crippen LogP contribution in [0.3, 0.4) is 0 Å². The standard InChI is InChI=1S/C7H12N2S/c1-6(2)9-4-3-8-7(9)5-10/h3-4,6,10H,5H2,1-2H3. The summed E-state index contributed by atoms with van der Waals surface area (Å²) in [6.45, 7) is 4.27. The van der Waals surface area contributed by atoms with Gasteiger partial charge in [0.15, 0.2) is 0 Å². The highest BCUT2D eigenvalue weighted by Crippen LogP contribution is 2.08. The predicted octanol–water partition coefficient (Wildman–Crippen LogP) is 1.89. The molecule has 0 N–H and O–H groups in total. The van der Waals surface area contributed by atoms with Gasteiger partial charge in [-0.1, -0.05) is 0 Å². The molecule has 1 aromatic rings. The zero-order valence-electron chi connectivity index (χ0n) is 6.28. The predicted molar refractivity (Wildman–Crippen MR) is 45.3 cm³/mol. The molecule has 2 nitrogen and oxygen atoms in total. The first-order valence-electron chi connectivity index (χ1n) is 3.38. The summed E-state index contributed by atoms with van der Waals surface area (Å²) in [7, 11) is 0. The zero-order chi connectivity index (χ0) is 7.56. The van der Waals surface area contributed by atoms with E-state index in [4.69, 9.17) is 0 Å². The maximum absolute atomic E-state index is 4.16. The van der Waals surface area contributed by atoms with Crippen molar-refractivity contribution < 1.29 is 0 Å². The maximum Gasteiger partial charge on any atom is 0.118 e. The topological polar surface area (TPSA) is 17.8 Å². The molecule has 0 bridgehead atoms. The smallest absolute Gasteiger partial charge is 0.118 e. The third-order valence-corrected chi connectivity index (χ3v) is 1.73. The van der Waals surface area contributed by atoms with E-state index < -0.39 is 0 Å². The second kappa shape index (κ2) is 3.10. The number of thiol groups is 1. The first kappa shape index (κ1) is 7.66. The minimum Gasteiger partial charge on any atom is -0.332 e. The molecule has 0 aromatic carbocycles. The molecule has 0 radical (unpaired) electrons. The van der Waals surface area contributed by atoms with E-state index in [1.165, 1.54) is 0 Å². The van der Waals surface area contributed by atoms with Crippen LogP contribution in [0.4, 0.5) is 0 Å². The maximum atomic E-state index is 4.16. The van der Waals surface area contributed by atoms with Crippen molar-refractivity contribution in [1.29, 1.82) is 0 Å². The first-order valence-corrected chi connectivity index (χ1v) is 4.01. The summed E-state index contributed by atoms with van der Waals surface area (Å²) in [6, 6.07) is 0.490. The highest BCUT2D eigenvalue weighted by atomic mass is 32.1. The lowest BCUT2D eigenvalue weighted by Crippen LogP contribution is -2.03. The SMILES string of the molecule is CC(C)n1ccnc1CS. The number of aromatic nitrogens is 2. The third-order valence-electron chi connectivity index (χ3n) is 1.45. The third kappa shape index (κ3) is 1.34. The van der Waals surface area contributed by atoms with Gasteiger partial charge >= 0.3 is 0 Å². The van der Waals surface area contributed by atoms with Crippen molar-refractivity contribution in [2.75, 3.05) is 0 Å². The van der Waals surface area contributed by atoms with Gasteiger partial charge in [-0.05, 0) is 13.8 Å². The van der Waals surface area contributed by atoms with Crippen LogP contribution in [0.2, 0.25) is 0 Å². The Morgan fingerprint density at radius 2 is 2.40 bits per heavy atom. The van der Waals surface area contributed by atoms with Crippen LogP contribution in [0, 0.1) is 0 Å². The molecule has 10 heavy (non-hydrogen) atoms. The van der Waals surface area contributed by atoms with E-state index in [-0.39, 0.29) is 0 Å². The van der Waals surface area contributed by atoms with Crippen LogP contribution in [0.1, 0.15) is 25.7 Å². The lowest BCUT2D eigenvalue weighted by Gasteiger charge is -2.08. The van der Waals surface area contributed by atoms with Gasteiger partial charge < -0.3 is 4.57 Å². The molecule has 0 saturated carbocycles. The first-order chi connectivity index (χ1) is 4.75. The van der Waals surface area contributed by atoms with Gasteiger partial charge in [0.2, 0.25) is 0 Å². The quantitative estimate of drug-likeness (QED) is 0.647. The molecule has 0 fully saturated rings. The van der Waals surface area contributed by atoms with Crippen molar-refractivity contribution in [3.63, 3.8) is 0 Å². The van der Waals surface area contributed by atoms with Crippen LogP contribution in [0.5, 0.6) is 0 Å². The fourth-order valence-electron chi connectivity index (χ4n) is 0.937. The van der Waals surface area contributed by atoms with Crippen LogP contribution < -0.4 is 0 Å². The van der Waals surface area contributed by atoms with Crippen molar-refractivity contribution >= 4 is 12.6 Å². The van der Waals surface area contributed by atoms with Crippen LogP contribution in [0.25, 0.3) is 0 Å². The molecule has 0 spiro atoms. The van der Waals surface area contributed by atoms with E-state index in [0.29, 0.717) is 11.8 Å². The average Bonchev–Trinajstić information content (AvgIpc) is 2.33. The minimum absolute atomic E-state index is 0.490. The van der Waals surface area contributed by atoms with Gasteiger partial charge in [-0.2, -0.15) is 12.6 Å². The lowest BCUT2D eigenvalue weighted by atomic mass is 10.4. The molecule has 56 valence electrons. The molecule has 1 rings (SSSR count). The van der Waals surface area contributed by atoms with Gasteiger partial charge in [-0.15, -0.1) is 0 Å². The second-order valence-corrected chi connectivity index (χ2v) is 2.82. The van der Waals surface area contributed by atoms with Crippen molar-refractivity contribution in [3.05, 3.63) is 18.2 Å². The second-order valence-electron chi connectivity index (χ2n) is 2.50. The number of rotatable bonds is 2. The molecule has 0 unspecified atom stereocenters. The lowest BCUT2D eigenvalue weighted by molar-refractivity contribution is 0.581. The van der Waals surface area contributed by atoms with Crippen LogP contribution in [-0.4, -0.2) is 9.55 Å². The molecule has 0 atom stereocenters. The van der Waals surface area contributed by atoms with E-state index in [1.54, 1.807) is 0 Å². The van der Waals surface area contributed by atoms with Gasteiger partial charge in [-0.25, -0.2) is 4.98 Å². The zero-order valence-corrected chi connectivity index (χ0v) is 7.18. The molecule has 1 aromatic heterocycles. The molecule has 0 saturated heterocycles. The number of hydrogen-bond acceptors (Lipinski definition) is 2. The average molecular weight is 156 g/mol. The summed E-state index contributed by atoms with van der Waals surface area (Å²) >= 11 is 4.16. The molecule has 0 aliphatic carbocycles. The molecule has 1 heterocycles. The monoisotopic (exact) mass is 156 g/mol. The van der Waals surface area contributed by atoms with E-state index >= 15 is 0 Å². The van der Waals surface area contributed by atoms with E-state index in [9.17, 15) is 0 Å². The molecule has 0 aliphatic rings. The highest BCUT2D eigenvalue weighted by molar-refractivity contribution is 7.79. The van der Waals surface area contributed by atoms with E-state index in [1.807, 2.05) is 12.4 Å². The number of nitrogens with zero attached hydrogens (tertiary/aromatic N) is 2. The number of imidazole rings is 1. The molecular weight excluding hydrogens is 144 g/mol. The highest BCUT2D eigenvalue weighted by Gasteiger charge is 2.01. The Bertz CT molecular complexity index is 205. The Morgan fingerprint density at radius 1 is 1.70 bits per heavy atom. The largest absolute Gasteiger partial charge is 0.332 e. The Morgan fingerprint density at radius 3 is 2.80 bits per heavy atom. The normalized spacial score (nSPS) is 10.8. The summed E-state index contributed by atoms with van der Waals surface area (Å²) in [5.41, 5.74) is 0. The van der Waals surface area contributed by atoms with Crippen LogP contribution >= 0.6 is 12.6 Å².